The number of carboxylic acids is 1. The highest BCUT2D eigenvalue weighted by molar-refractivity contribution is 7.98. The Hall–Kier alpha value is -1.56. The first kappa shape index (κ1) is 14.5. The van der Waals surface area contributed by atoms with Crippen LogP contribution < -0.4 is 0 Å². The van der Waals surface area contributed by atoms with Crippen LogP contribution in [0.4, 0.5) is 4.39 Å². The molecule has 0 aliphatic rings. The Morgan fingerprint density at radius 3 is 2.56 bits per heavy atom. The molecule has 0 radical (unpaired) electrons. The van der Waals surface area contributed by atoms with Gasteiger partial charge in [-0.15, -0.1) is 11.8 Å². The fourth-order valence-corrected chi connectivity index (χ4v) is 1.85. The van der Waals surface area contributed by atoms with Crippen molar-refractivity contribution in [1.29, 1.82) is 0 Å². The normalized spacial score (nSPS) is 12.0. The summed E-state index contributed by atoms with van der Waals surface area (Å²) in [6.45, 7) is 1.42. The number of carbonyl (C=O) groups excluding carboxylic acids is 1. The molecular weight excluding hydrogens is 257 g/mol. The van der Waals surface area contributed by atoms with E-state index in [1.807, 2.05) is 0 Å². The van der Waals surface area contributed by atoms with Crippen LogP contribution in [0.1, 0.15) is 17.3 Å². The summed E-state index contributed by atoms with van der Waals surface area (Å²) in [4.78, 5) is 24.3. The molecule has 1 rings (SSSR count). The highest BCUT2D eigenvalue weighted by Gasteiger charge is 2.23. The van der Waals surface area contributed by atoms with E-state index in [1.54, 1.807) is 6.26 Å². The molecule has 0 aliphatic heterocycles. The largest absolute Gasteiger partial charge is 0.480 e. The summed E-state index contributed by atoms with van der Waals surface area (Å²) in [6.07, 6.45) is 1.70. The number of amides is 1. The Morgan fingerprint density at radius 1 is 1.44 bits per heavy atom. The van der Waals surface area contributed by atoms with Crippen LogP contribution in [0.15, 0.2) is 23.1 Å². The summed E-state index contributed by atoms with van der Waals surface area (Å²) in [5.74, 6) is -1.92. The van der Waals surface area contributed by atoms with Crippen molar-refractivity contribution in [2.75, 3.05) is 13.3 Å². The second-order valence-corrected chi connectivity index (χ2v) is 4.63. The van der Waals surface area contributed by atoms with Gasteiger partial charge in [0, 0.05) is 17.5 Å². The van der Waals surface area contributed by atoms with Gasteiger partial charge in [0.15, 0.2) is 0 Å². The molecule has 0 fully saturated rings. The maximum absolute atomic E-state index is 13.3. The van der Waals surface area contributed by atoms with Crippen LogP contribution in [-0.2, 0) is 4.79 Å². The van der Waals surface area contributed by atoms with E-state index in [-0.39, 0.29) is 5.56 Å². The maximum atomic E-state index is 13.3. The van der Waals surface area contributed by atoms with Crippen molar-refractivity contribution in [2.24, 2.45) is 0 Å². The minimum Gasteiger partial charge on any atom is -0.480 e. The molecule has 1 amide bonds. The van der Waals surface area contributed by atoms with E-state index in [0.29, 0.717) is 4.90 Å². The highest BCUT2D eigenvalue weighted by Crippen LogP contribution is 2.21. The van der Waals surface area contributed by atoms with Crippen LogP contribution in [0, 0.1) is 5.82 Å². The quantitative estimate of drug-likeness (QED) is 0.852. The van der Waals surface area contributed by atoms with Gasteiger partial charge < -0.3 is 10.0 Å². The lowest BCUT2D eigenvalue weighted by molar-refractivity contribution is -0.141. The zero-order valence-electron chi connectivity index (χ0n) is 10.3. The summed E-state index contributed by atoms with van der Waals surface area (Å²) in [5.41, 5.74) is 0.274. The molecule has 0 bridgehead atoms. The topological polar surface area (TPSA) is 57.6 Å². The molecule has 1 N–H and O–H groups in total. The van der Waals surface area contributed by atoms with Gasteiger partial charge in [-0.05, 0) is 31.4 Å². The molecule has 4 nitrogen and oxygen atoms in total. The zero-order valence-corrected chi connectivity index (χ0v) is 11.1. The van der Waals surface area contributed by atoms with Crippen LogP contribution in [0.5, 0.6) is 0 Å². The molecule has 6 heteroatoms. The summed E-state index contributed by atoms with van der Waals surface area (Å²) in [7, 11) is 1.41. The van der Waals surface area contributed by atoms with Crippen molar-refractivity contribution in [3.05, 3.63) is 29.6 Å². The molecule has 1 unspecified atom stereocenters. The second-order valence-electron chi connectivity index (χ2n) is 3.78. The highest BCUT2D eigenvalue weighted by atomic mass is 32.2. The third kappa shape index (κ3) is 3.01. The van der Waals surface area contributed by atoms with E-state index in [1.165, 1.54) is 43.9 Å². The standard InChI is InChI=1S/C12H14FNO3S/c1-7(12(16)17)14(2)11(15)8-4-5-9(13)10(6-8)18-3/h4-7H,1-3H3,(H,16,17). The molecule has 0 spiro atoms. The van der Waals surface area contributed by atoms with Gasteiger partial charge >= 0.3 is 5.97 Å². The number of likely N-dealkylation sites (N-methyl/N-ethyl adjacent to an activating group) is 1. The van der Waals surface area contributed by atoms with Gasteiger partial charge in [-0.25, -0.2) is 9.18 Å². The molecule has 1 atom stereocenters. The van der Waals surface area contributed by atoms with Gasteiger partial charge in [-0.2, -0.15) is 0 Å². The number of benzene rings is 1. The van der Waals surface area contributed by atoms with E-state index in [9.17, 15) is 14.0 Å². The van der Waals surface area contributed by atoms with Crippen molar-refractivity contribution in [1.82, 2.24) is 4.90 Å². The minimum absolute atomic E-state index is 0.274. The van der Waals surface area contributed by atoms with Crippen LogP contribution in [0.3, 0.4) is 0 Å². The van der Waals surface area contributed by atoms with Crippen LogP contribution in [0.25, 0.3) is 0 Å². The molecule has 0 saturated carbocycles. The van der Waals surface area contributed by atoms with E-state index in [4.69, 9.17) is 5.11 Å². The van der Waals surface area contributed by atoms with Crippen molar-refractivity contribution in [2.45, 2.75) is 17.9 Å². The third-order valence-corrected chi connectivity index (χ3v) is 3.41. The predicted octanol–water partition coefficient (Wildman–Crippen LogP) is 2.09. The number of thioether (sulfide) groups is 1. The predicted molar refractivity (Wildman–Crippen MR) is 67.4 cm³/mol. The molecular formula is C12H14FNO3S. The Balaban J connectivity index is 3.00. The molecule has 1 aromatic rings. The molecule has 0 aromatic heterocycles. The van der Waals surface area contributed by atoms with Gasteiger partial charge in [0.25, 0.3) is 5.91 Å². The van der Waals surface area contributed by atoms with Crippen LogP contribution >= 0.6 is 11.8 Å². The van der Waals surface area contributed by atoms with Crippen molar-refractivity contribution < 1.29 is 19.1 Å². The first-order valence-electron chi connectivity index (χ1n) is 5.22. The number of halogens is 1. The fourth-order valence-electron chi connectivity index (χ4n) is 1.34. The van der Waals surface area contributed by atoms with E-state index < -0.39 is 23.7 Å². The van der Waals surface area contributed by atoms with E-state index in [2.05, 4.69) is 0 Å². The van der Waals surface area contributed by atoms with Gasteiger partial charge in [0.1, 0.15) is 11.9 Å². The van der Waals surface area contributed by atoms with Gasteiger partial charge in [0.05, 0.1) is 0 Å². The number of aliphatic carboxylic acids is 1. The first-order chi connectivity index (χ1) is 8.38. The van der Waals surface area contributed by atoms with Gasteiger partial charge in [-0.3, -0.25) is 4.79 Å². The number of rotatable bonds is 4. The van der Waals surface area contributed by atoms with E-state index in [0.717, 1.165) is 4.90 Å². The van der Waals surface area contributed by atoms with Crippen LogP contribution in [0.2, 0.25) is 0 Å². The lowest BCUT2D eigenvalue weighted by Gasteiger charge is -2.21. The first-order valence-corrected chi connectivity index (χ1v) is 6.44. The fraction of sp³-hybridized carbons (Fsp3) is 0.333. The van der Waals surface area contributed by atoms with Crippen molar-refractivity contribution >= 4 is 23.6 Å². The molecule has 98 valence electrons. The Morgan fingerprint density at radius 2 is 2.06 bits per heavy atom. The van der Waals surface area contributed by atoms with Crippen molar-refractivity contribution in [3.8, 4) is 0 Å². The number of carboxylic acid groups (broad SMARTS) is 1. The second kappa shape index (κ2) is 5.86. The maximum Gasteiger partial charge on any atom is 0.326 e. The Bertz CT molecular complexity index is 478. The van der Waals surface area contributed by atoms with Gasteiger partial charge in [0.2, 0.25) is 0 Å². The molecule has 0 heterocycles. The summed E-state index contributed by atoms with van der Waals surface area (Å²) in [6, 6.07) is 3.05. The monoisotopic (exact) mass is 271 g/mol. The molecule has 1 aromatic carbocycles. The lowest BCUT2D eigenvalue weighted by atomic mass is 10.1. The zero-order chi connectivity index (χ0) is 13.9. The smallest absolute Gasteiger partial charge is 0.326 e. The third-order valence-electron chi connectivity index (χ3n) is 2.66. The average molecular weight is 271 g/mol. The number of nitrogens with zero attached hydrogens (tertiary/aromatic N) is 1. The Kier molecular flexibility index (Phi) is 4.72. The molecule has 0 saturated heterocycles. The summed E-state index contributed by atoms with van der Waals surface area (Å²) < 4.78 is 13.3. The number of hydrogen-bond acceptors (Lipinski definition) is 3. The Labute approximate surface area is 109 Å². The average Bonchev–Trinajstić information content (AvgIpc) is 2.36. The van der Waals surface area contributed by atoms with Gasteiger partial charge in [-0.1, -0.05) is 0 Å². The summed E-state index contributed by atoms with van der Waals surface area (Å²) >= 11 is 1.19. The summed E-state index contributed by atoms with van der Waals surface area (Å²) in [5, 5.41) is 8.84. The molecule has 18 heavy (non-hydrogen) atoms. The SMILES string of the molecule is CSc1cc(C(=O)N(C)C(C)C(=O)O)ccc1F. The number of carbonyl (C=O) groups is 2. The minimum atomic E-state index is -1.09. The van der Waals surface area contributed by atoms with Crippen molar-refractivity contribution in [3.63, 3.8) is 0 Å². The lowest BCUT2D eigenvalue weighted by Crippen LogP contribution is -2.40. The van der Waals surface area contributed by atoms with E-state index >= 15 is 0 Å². The molecule has 0 aliphatic carbocycles. The number of hydrogen-bond donors (Lipinski definition) is 1. The van der Waals surface area contributed by atoms with Crippen LogP contribution in [-0.4, -0.2) is 41.2 Å².